The SMILES string of the molecule is [2H]c1c([2H])c(-n2nnnc2N2CCN(C(=O)C(=O)c3c[nH]c4c(-n5nc(C([2H])([2H])[2H])nc5[2H])ncc(OC([2H])([2H])[2H])c34)CC2)c([2H])c([2H])c1C. The predicted octanol–water partition coefficient (Wildman–Crippen LogP) is 1.28. The highest BCUT2D eigenvalue weighted by Crippen LogP contribution is 2.32. The van der Waals surface area contributed by atoms with Crippen LogP contribution in [0.25, 0.3) is 22.4 Å². The summed E-state index contributed by atoms with van der Waals surface area (Å²) in [6, 6.07) is -1.16. The summed E-state index contributed by atoms with van der Waals surface area (Å²) < 4.78 is 93.6. The van der Waals surface area contributed by atoms with Gasteiger partial charge < -0.3 is 19.5 Å². The Morgan fingerprint density at radius 2 is 1.95 bits per heavy atom. The molecule has 0 radical (unpaired) electrons. The van der Waals surface area contributed by atoms with Gasteiger partial charge in [0.2, 0.25) is 5.95 Å². The quantitative estimate of drug-likeness (QED) is 0.247. The van der Waals surface area contributed by atoms with Crippen LogP contribution in [0.3, 0.4) is 0 Å². The molecule has 0 saturated carbocycles. The van der Waals surface area contributed by atoms with E-state index in [1.807, 2.05) is 0 Å². The highest BCUT2D eigenvalue weighted by molar-refractivity contribution is 6.45. The number of benzene rings is 1. The van der Waals surface area contributed by atoms with E-state index < -0.39 is 43.5 Å². The first kappa shape index (κ1) is 14.7. The number of carbonyl (C=O) groups is 2. The van der Waals surface area contributed by atoms with Gasteiger partial charge in [-0.1, -0.05) is 22.7 Å². The fourth-order valence-electron chi connectivity index (χ4n) is 4.22. The Balaban J connectivity index is 1.28. The van der Waals surface area contributed by atoms with Crippen LogP contribution in [-0.4, -0.2) is 94.7 Å². The summed E-state index contributed by atoms with van der Waals surface area (Å²) in [5.74, 6) is -3.15. The molecule has 14 nitrogen and oxygen atoms in total. The smallest absolute Gasteiger partial charge is 0.295 e. The zero-order valence-corrected chi connectivity index (χ0v) is 20.2. The number of Topliss-reactive ketones (excluding diaryl/α,β-unsaturated/α-hetero) is 1. The Morgan fingerprint density at radius 1 is 1.13 bits per heavy atom. The molecule has 0 bridgehead atoms. The monoisotopic (exact) mass is 538 g/mol. The maximum absolute atomic E-state index is 13.7. The van der Waals surface area contributed by atoms with Crippen molar-refractivity contribution in [1.82, 2.24) is 49.8 Å². The molecule has 14 heteroatoms. The third-order valence-corrected chi connectivity index (χ3v) is 6.10. The van der Waals surface area contributed by atoms with Gasteiger partial charge in [0.05, 0.1) is 45.0 Å². The van der Waals surface area contributed by atoms with E-state index in [2.05, 4.69) is 35.6 Å². The number of rotatable bonds is 6. The molecule has 0 aliphatic carbocycles. The number of carbonyl (C=O) groups excluding carboxylic acids is 2. The summed E-state index contributed by atoms with van der Waals surface area (Å²) in [5, 5.41) is 15.2. The zero-order chi connectivity index (χ0) is 36.4. The number of pyridine rings is 1. The van der Waals surface area contributed by atoms with Gasteiger partial charge in [0, 0.05) is 36.5 Å². The van der Waals surface area contributed by atoms with E-state index in [1.54, 1.807) is 4.90 Å². The first-order chi connectivity index (χ1) is 23.4. The first-order valence-electron chi connectivity index (χ1n) is 17.0. The van der Waals surface area contributed by atoms with Crippen LogP contribution in [0, 0.1) is 13.8 Å². The van der Waals surface area contributed by atoms with E-state index in [4.69, 9.17) is 19.8 Å². The molecule has 5 heterocycles. The van der Waals surface area contributed by atoms with Crippen LogP contribution in [0.2, 0.25) is 0 Å². The number of nitrogens with zero attached hydrogens (tertiary/aromatic N) is 10. The van der Waals surface area contributed by atoms with Crippen LogP contribution in [0.5, 0.6) is 5.75 Å². The number of hydrogen-bond donors (Lipinski definition) is 1. The fourth-order valence-corrected chi connectivity index (χ4v) is 4.22. The number of nitrogens with one attached hydrogen (secondary N) is 1. The standard InChI is InChI=1S/C25H25N11O3/c1-15-4-6-17(7-5-15)36-25(29-31-32-36)34-10-8-33(9-11-34)24(38)22(37)18-12-26-21-20(18)19(39-3)13-27-23(21)35-14-28-16(2)30-35/h4-7,12-14,26H,8-11H2,1-3H3/i2D3,3D3,4D,5D,6D,7D,14D. The number of methoxy groups -OCH3 is 1. The van der Waals surface area contributed by atoms with E-state index in [0.717, 1.165) is 21.8 Å². The van der Waals surface area contributed by atoms with E-state index in [9.17, 15) is 9.59 Å². The average molecular weight is 539 g/mol. The number of piperazine rings is 1. The van der Waals surface area contributed by atoms with Gasteiger partial charge in [0.25, 0.3) is 11.7 Å². The minimum atomic E-state index is -2.99. The Morgan fingerprint density at radius 3 is 2.69 bits per heavy atom. The Hall–Kier alpha value is -5.14. The zero-order valence-electron chi connectivity index (χ0n) is 31.2. The lowest BCUT2D eigenvalue weighted by atomic mass is 10.1. The lowest BCUT2D eigenvalue weighted by Crippen LogP contribution is -2.51. The molecule has 1 aliphatic heterocycles. The molecule has 1 N–H and O–H groups in total. The maximum Gasteiger partial charge on any atom is 0.295 e. The van der Waals surface area contributed by atoms with Crippen LogP contribution < -0.4 is 9.64 Å². The molecular weight excluding hydrogens is 502 g/mol. The summed E-state index contributed by atoms with van der Waals surface area (Å²) in [4.78, 5) is 40.6. The normalized spacial score (nSPS) is 18.4. The molecule has 198 valence electrons. The van der Waals surface area contributed by atoms with Crippen molar-refractivity contribution < 1.29 is 29.4 Å². The highest BCUT2D eigenvalue weighted by atomic mass is 16.5. The number of aromatic nitrogens is 9. The molecule has 4 aromatic heterocycles. The number of tetrazole rings is 1. The molecule has 0 unspecified atom stereocenters. The van der Waals surface area contributed by atoms with Crippen molar-refractivity contribution >= 4 is 28.5 Å². The number of aryl methyl sites for hydroxylation is 1. The van der Waals surface area contributed by atoms with Crippen molar-refractivity contribution in [2.75, 3.05) is 38.1 Å². The van der Waals surface area contributed by atoms with Gasteiger partial charge in [-0.15, -0.1) is 0 Å². The summed E-state index contributed by atoms with van der Waals surface area (Å²) >= 11 is 0. The molecule has 1 amide bonds. The number of ketones is 1. The molecule has 39 heavy (non-hydrogen) atoms. The van der Waals surface area contributed by atoms with Crippen molar-refractivity contribution in [3.63, 3.8) is 0 Å². The molecule has 6 rings (SSSR count). The Labute approximate surface area is 237 Å². The number of ether oxygens (including phenoxy) is 1. The minimum absolute atomic E-state index is 0.00691. The lowest BCUT2D eigenvalue weighted by molar-refractivity contribution is -0.126. The van der Waals surface area contributed by atoms with E-state index in [1.165, 1.54) is 11.8 Å². The first-order valence-corrected chi connectivity index (χ1v) is 11.5. The van der Waals surface area contributed by atoms with E-state index >= 15 is 0 Å². The van der Waals surface area contributed by atoms with Gasteiger partial charge in [0.1, 0.15) is 19.2 Å². The highest BCUT2D eigenvalue weighted by Gasteiger charge is 2.31. The number of hydrogen-bond acceptors (Lipinski definition) is 10. The van der Waals surface area contributed by atoms with Gasteiger partial charge in [-0.3, -0.25) is 9.59 Å². The number of H-pyrrole nitrogens is 1. The molecule has 1 aliphatic rings. The van der Waals surface area contributed by atoms with Crippen LogP contribution >= 0.6 is 0 Å². The molecule has 5 aromatic rings. The van der Waals surface area contributed by atoms with E-state index in [0.29, 0.717) is 0 Å². The lowest BCUT2D eigenvalue weighted by Gasteiger charge is -2.34. The topological polar surface area (TPSA) is 153 Å². The third kappa shape index (κ3) is 4.24. The van der Waals surface area contributed by atoms with Gasteiger partial charge >= 0.3 is 0 Å². The number of aromatic amines is 1. The summed E-state index contributed by atoms with van der Waals surface area (Å²) in [7, 11) is -2.99. The van der Waals surface area contributed by atoms with Crippen LogP contribution in [0.15, 0.2) is 42.9 Å². The maximum atomic E-state index is 13.7. The van der Waals surface area contributed by atoms with Crippen LogP contribution in [0.1, 0.15) is 36.8 Å². The van der Waals surface area contributed by atoms with Crippen molar-refractivity contribution in [1.29, 1.82) is 0 Å². The summed E-state index contributed by atoms with van der Waals surface area (Å²) in [5.41, 5.74) is -0.359. The average Bonchev–Trinajstić information content (AvgIpc) is 3.81. The van der Waals surface area contributed by atoms with Gasteiger partial charge in [-0.25, -0.2) is 14.6 Å². The van der Waals surface area contributed by atoms with Crippen LogP contribution in [-0.2, 0) is 4.79 Å². The molecule has 1 saturated heterocycles. The largest absolute Gasteiger partial charge is 0.494 e. The Kier molecular flexibility index (Phi) is 3.63. The molecule has 0 spiro atoms. The number of anilines is 1. The third-order valence-electron chi connectivity index (χ3n) is 6.10. The van der Waals surface area contributed by atoms with Gasteiger partial charge in [-0.05, 0) is 36.3 Å². The number of fused-ring (bicyclic) bond motifs is 1. The van der Waals surface area contributed by atoms with Crippen molar-refractivity contribution in [2.45, 2.75) is 13.8 Å². The number of amides is 1. The minimum Gasteiger partial charge on any atom is -0.494 e. The molecule has 1 aromatic carbocycles. The van der Waals surface area contributed by atoms with Crippen molar-refractivity contribution in [3.8, 4) is 17.3 Å². The van der Waals surface area contributed by atoms with Crippen molar-refractivity contribution in [2.24, 2.45) is 0 Å². The van der Waals surface area contributed by atoms with Crippen LogP contribution in [0.4, 0.5) is 5.95 Å². The van der Waals surface area contributed by atoms with E-state index in [-0.39, 0.29) is 89.8 Å². The second kappa shape index (κ2) is 9.63. The second-order valence-electron chi connectivity index (χ2n) is 8.42. The predicted molar refractivity (Wildman–Crippen MR) is 139 cm³/mol. The molecule has 0 atom stereocenters. The second-order valence-corrected chi connectivity index (χ2v) is 8.42. The molecule has 1 fully saturated rings. The van der Waals surface area contributed by atoms with Gasteiger partial charge in [-0.2, -0.15) is 9.78 Å². The summed E-state index contributed by atoms with van der Waals surface area (Å²) in [6.07, 6.45) is 1.47. The van der Waals surface area contributed by atoms with Gasteiger partial charge in [0.15, 0.2) is 5.82 Å². The summed E-state index contributed by atoms with van der Waals surface area (Å²) in [6.45, 7) is -1.09. The Bertz CT molecular complexity index is 2140. The van der Waals surface area contributed by atoms with Crippen molar-refractivity contribution in [3.05, 3.63) is 59.8 Å². The fraction of sp³-hybridized carbons (Fsp3) is 0.280. The molecular formula is C25H25N11O3.